The lowest BCUT2D eigenvalue weighted by molar-refractivity contribution is 0.184. The molecule has 90 valence electrons. The molecule has 15 heavy (non-hydrogen) atoms. The van der Waals surface area contributed by atoms with Crippen LogP contribution in [0.4, 0.5) is 0 Å². The Morgan fingerprint density at radius 2 is 2.00 bits per heavy atom. The van der Waals surface area contributed by atoms with Crippen LogP contribution >= 0.6 is 0 Å². The van der Waals surface area contributed by atoms with Crippen LogP contribution in [0.15, 0.2) is 0 Å². The van der Waals surface area contributed by atoms with Gasteiger partial charge in [-0.05, 0) is 50.0 Å². The van der Waals surface area contributed by atoms with Crippen molar-refractivity contribution in [1.29, 1.82) is 0 Å². The first kappa shape index (κ1) is 13.0. The molecule has 1 N–H and O–H groups in total. The molecule has 0 aliphatic heterocycles. The predicted molar refractivity (Wildman–Crippen MR) is 68.0 cm³/mol. The standard InChI is InChI=1S/C14H29N/c1-5-11(3)9-13-10-12(4)7-8-14(13)15-6-2/h11-15H,5-10H2,1-4H3. The first-order chi connectivity index (χ1) is 7.17. The molecule has 1 fully saturated rings. The Morgan fingerprint density at radius 1 is 1.27 bits per heavy atom. The van der Waals surface area contributed by atoms with Gasteiger partial charge in [-0.25, -0.2) is 0 Å². The maximum atomic E-state index is 3.68. The Bertz CT molecular complexity index is 167. The molecule has 4 atom stereocenters. The lowest BCUT2D eigenvalue weighted by atomic mass is 9.75. The highest BCUT2D eigenvalue weighted by molar-refractivity contribution is 4.84. The largest absolute Gasteiger partial charge is 0.314 e. The van der Waals surface area contributed by atoms with Crippen LogP contribution in [0.25, 0.3) is 0 Å². The van der Waals surface area contributed by atoms with E-state index in [1.54, 1.807) is 0 Å². The van der Waals surface area contributed by atoms with Gasteiger partial charge in [-0.15, -0.1) is 0 Å². The summed E-state index contributed by atoms with van der Waals surface area (Å²) in [6.07, 6.45) is 7.04. The van der Waals surface area contributed by atoms with E-state index in [4.69, 9.17) is 0 Å². The van der Waals surface area contributed by atoms with Crippen molar-refractivity contribution in [3.63, 3.8) is 0 Å². The van der Waals surface area contributed by atoms with Crippen LogP contribution in [0.3, 0.4) is 0 Å². The second-order valence-electron chi connectivity index (χ2n) is 5.59. The van der Waals surface area contributed by atoms with Crippen LogP contribution < -0.4 is 5.32 Å². The molecule has 0 aromatic heterocycles. The summed E-state index contributed by atoms with van der Waals surface area (Å²) in [5.74, 6) is 2.79. The molecule has 1 aliphatic carbocycles. The summed E-state index contributed by atoms with van der Waals surface area (Å²) >= 11 is 0. The molecular weight excluding hydrogens is 182 g/mol. The van der Waals surface area contributed by atoms with E-state index >= 15 is 0 Å². The van der Waals surface area contributed by atoms with Gasteiger partial charge in [-0.3, -0.25) is 0 Å². The Kier molecular flexibility index (Phi) is 5.66. The molecule has 1 heteroatoms. The van der Waals surface area contributed by atoms with Gasteiger partial charge in [0.1, 0.15) is 0 Å². The molecule has 1 nitrogen and oxygen atoms in total. The fourth-order valence-corrected chi connectivity index (χ4v) is 2.97. The molecule has 0 aromatic carbocycles. The summed E-state index contributed by atoms with van der Waals surface area (Å²) < 4.78 is 0. The molecule has 0 radical (unpaired) electrons. The van der Waals surface area contributed by atoms with Crippen LogP contribution in [-0.2, 0) is 0 Å². The van der Waals surface area contributed by atoms with Crippen LogP contribution in [0.1, 0.15) is 59.8 Å². The Hall–Kier alpha value is -0.0400. The van der Waals surface area contributed by atoms with E-state index in [-0.39, 0.29) is 0 Å². The second kappa shape index (κ2) is 6.52. The van der Waals surface area contributed by atoms with E-state index in [2.05, 4.69) is 33.0 Å². The van der Waals surface area contributed by atoms with Crippen molar-refractivity contribution < 1.29 is 0 Å². The fraction of sp³-hybridized carbons (Fsp3) is 1.00. The minimum atomic E-state index is 0.806. The minimum Gasteiger partial charge on any atom is -0.314 e. The van der Waals surface area contributed by atoms with Gasteiger partial charge in [0.05, 0.1) is 0 Å². The lowest BCUT2D eigenvalue weighted by Crippen LogP contribution is -2.40. The molecule has 4 unspecified atom stereocenters. The molecule has 0 saturated heterocycles. The number of hydrogen-bond acceptors (Lipinski definition) is 1. The molecule has 0 spiro atoms. The lowest BCUT2D eigenvalue weighted by Gasteiger charge is -2.36. The normalized spacial score (nSPS) is 34.0. The molecular formula is C14H29N. The number of hydrogen-bond donors (Lipinski definition) is 1. The van der Waals surface area contributed by atoms with E-state index in [1.165, 1.54) is 32.1 Å². The zero-order chi connectivity index (χ0) is 11.3. The first-order valence-electron chi connectivity index (χ1n) is 6.90. The van der Waals surface area contributed by atoms with E-state index in [0.717, 1.165) is 30.3 Å². The van der Waals surface area contributed by atoms with Gasteiger partial charge in [0.25, 0.3) is 0 Å². The van der Waals surface area contributed by atoms with Crippen molar-refractivity contribution in [3.8, 4) is 0 Å². The van der Waals surface area contributed by atoms with Crippen molar-refractivity contribution in [2.24, 2.45) is 17.8 Å². The molecule has 0 aromatic rings. The van der Waals surface area contributed by atoms with Crippen LogP contribution in [0.5, 0.6) is 0 Å². The van der Waals surface area contributed by atoms with E-state index in [0.29, 0.717) is 0 Å². The number of rotatable bonds is 5. The van der Waals surface area contributed by atoms with Crippen LogP contribution in [-0.4, -0.2) is 12.6 Å². The van der Waals surface area contributed by atoms with Gasteiger partial charge < -0.3 is 5.32 Å². The highest BCUT2D eigenvalue weighted by atomic mass is 14.9. The third-order valence-corrected chi connectivity index (χ3v) is 4.11. The van der Waals surface area contributed by atoms with Crippen LogP contribution in [0, 0.1) is 17.8 Å². The summed E-state index contributed by atoms with van der Waals surface area (Å²) in [7, 11) is 0. The Balaban J connectivity index is 2.45. The summed E-state index contributed by atoms with van der Waals surface area (Å²) in [4.78, 5) is 0. The third kappa shape index (κ3) is 4.14. The average molecular weight is 211 g/mol. The summed E-state index contributed by atoms with van der Waals surface area (Å²) in [5.41, 5.74) is 0. The van der Waals surface area contributed by atoms with Crippen molar-refractivity contribution in [2.45, 2.75) is 65.8 Å². The van der Waals surface area contributed by atoms with Gasteiger partial charge in [-0.1, -0.05) is 34.1 Å². The summed E-state index contributed by atoms with van der Waals surface area (Å²) in [5, 5.41) is 3.68. The SMILES string of the molecule is CCNC1CCC(C)CC1CC(C)CC. The zero-order valence-electron chi connectivity index (χ0n) is 11.1. The smallest absolute Gasteiger partial charge is 0.00955 e. The quantitative estimate of drug-likeness (QED) is 0.728. The molecule has 1 rings (SSSR count). The van der Waals surface area contributed by atoms with Crippen molar-refractivity contribution >= 4 is 0 Å². The topological polar surface area (TPSA) is 12.0 Å². The van der Waals surface area contributed by atoms with Crippen molar-refractivity contribution in [2.75, 3.05) is 6.54 Å². The Morgan fingerprint density at radius 3 is 2.60 bits per heavy atom. The molecule has 0 amide bonds. The van der Waals surface area contributed by atoms with Crippen LogP contribution in [0.2, 0.25) is 0 Å². The van der Waals surface area contributed by atoms with Crippen molar-refractivity contribution in [1.82, 2.24) is 5.32 Å². The molecule has 1 saturated carbocycles. The third-order valence-electron chi connectivity index (χ3n) is 4.11. The fourth-order valence-electron chi connectivity index (χ4n) is 2.97. The number of nitrogens with one attached hydrogen (secondary N) is 1. The summed E-state index contributed by atoms with van der Waals surface area (Å²) in [6, 6.07) is 0.806. The van der Waals surface area contributed by atoms with E-state index < -0.39 is 0 Å². The Labute approximate surface area is 96.0 Å². The predicted octanol–water partition coefficient (Wildman–Crippen LogP) is 3.84. The minimum absolute atomic E-state index is 0.806. The molecule has 1 aliphatic rings. The zero-order valence-corrected chi connectivity index (χ0v) is 11.1. The van der Waals surface area contributed by atoms with Gasteiger partial charge in [0.15, 0.2) is 0 Å². The van der Waals surface area contributed by atoms with Gasteiger partial charge in [0.2, 0.25) is 0 Å². The van der Waals surface area contributed by atoms with Gasteiger partial charge in [-0.2, -0.15) is 0 Å². The summed E-state index contributed by atoms with van der Waals surface area (Å²) in [6.45, 7) is 10.5. The molecule has 0 bridgehead atoms. The highest BCUT2D eigenvalue weighted by Gasteiger charge is 2.28. The van der Waals surface area contributed by atoms with Crippen molar-refractivity contribution in [3.05, 3.63) is 0 Å². The maximum Gasteiger partial charge on any atom is 0.00955 e. The highest BCUT2D eigenvalue weighted by Crippen LogP contribution is 2.33. The second-order valence-corrected chi connectivity index (χ2v) is 5.59. The van der Waals surface area contributed by atoms with E-state index in [9.17, 15) is 0 Å². The first-order valence-corrected chi connectivity index (χ1v) is 6.90. The van der Waals surface area contributed by atoms with Gasteiger partial charge in [0, 0.05) is 6.04 Å². The van der Waals surface area contributed by atoms with Gasteiger partial charge >= 0.3 is 0 Å². The molecule has 0 heterocycles. The monoisotopic (exact) mass is 211 g/mol. The average Bonchev–Trinajstić information content (AvgIpc) is 2.22. The van der Waals surface area contributed by atoms with E-state index in [1.807, 2.05) is 0 Å². The maximum absolute atomic E-state index is 3.68.